The second-order valence-electron chi connectivity index (χ2n) is 8.61. The number of methoxy groups -OCH3 is 1. The lowest BCUT2D eigenvalue weighted by atomic mass is 10.1. The highest BCUT2D eigenvalue weighted by atomic mass is 19.1. The Hall–Kier alpha value is -3.04. The summed E-state index contributed by atoms with van der Waals surface area (Å²) < 4.78 is 22.3. The van der Waals surface area contributed by atoms with Crippen molar-refractivity contribution in [1.29, 1.82) is 0 Å². The molecule has 0 unspecified atom stereocenters. The smallest absolute Gasteiger partial charge is 0.239 e. The van der Waals surface area contributed by atoms with Gasteiger partial charge in [-0.05, 0) is 31.5 Å². The molecule has 1 fully saturated rings. The Bertz CT molecular complexity index is 1180. The number of pyridine rings is 1. The topological polar surface area (TPSA) is 84.3 Å². The zero-order chi connectivity index (χ0) is 22.4. The van der Waals surface area contributed by atoms with Gasteiger partial charge < -0.3 is 24.8 Å². The summed E-state index contributed by atoms with van der Waals surface area (Å²) in [5.41, 5.74) is 2.73. The highest BCUT2D eigenvalue weighted by Gasteiger charge is 2.32. The van der Waals surface area contributed by atoms with E-state index in [2.05, 4.69) is 15.6 Å². The molecule has 4 heterocycles. The summed E-state index contributed by atoms with van der Waals surface area (Å²) in [6, 6.07) is 8.45. The van der Waals surface area contributed by atoms with E-state index in [1.807, 2.05) is 29.7 Å². The number of carbonyl (C=O) groups is 1. The zero-order valence-electron chi connectivity index (χ0n) is 18.4. The Morgan fingerprint density at radius 1 is 1.22 bits per heavy atom. The minimum Gasteiger partial charge on any atom is -0.378 e. The molecule has 32 heavy (non-hydrogen) atoms. The molecule has 2 aliphatic rings. The average Bonchev–Trinajstić information content (AvgIpc) is 3.35. The minimum atomic E-state index is -0.355. The van der Waals surface area contributed by atoms with E-state index in [4.69, 9.17) is 9.72 Å². The largest absolute Gasteiger partial charge is 0.378 e. The van der Waals surface area contributed by atoms with Crippen molar-refractivity contribution in [1.82, 2.24) is 24.8 Å². The number of fused-ring (bicyclic) bond motifs is 5. The van der Waals surface area contributed by atoms with E-state index >= 15 is 0 Å². The summed E-state index contributed by atoms with van der Waals surface area (Å²) in [5.74, 6) is 1.14. The molecule has 0 saturated carbocycles. The van der Waals surface area contributed by atoms with E-state index in [0.717, 1.165) is 11.3 Å². The van der Waals surface area contributed by atoms with E-state index in [9.17, 15) is 9.18 Å². The Labute approximate surface area is 185 Å². The summed E-state index contributed by atoms with van der Waals surface area (Å²) >= 11 is 0. The molecule has 3 aromatic rings. The molecule has 1 saturated heterocycles. The molecule has 2 aromatic heterocycles. The van der Waals surface area contributed by atoms with Crippen molar-refractivity contribution in [3.8, 4) is 11.3 Å². The number of halogens is 1. The maximum Gasteiger partial charge on any atom is 0.239 e. The van der Waals surface area contributed by atoms with Crippen LogP contribution >= 0.6 is 0 Å². The van der Waals surface area contributed by atoms with Gasteiger partial charge in [-0.2, -0.15) is 0 Å². The van der Waals surface area contributed by atoms with Gasteiger partial charge in [0.25, 0.3) is 0 Å². The molecule has 0 aliphatic carbocycles. The fourth-order valence-electron chi connectivity index (χ4n) is 4.75. The first-order chi connectivity index (χ1) is 15.4. The molecular formula is C23H27FN6O2. The maximum absolute atomic E-state index is 14.5. The van der Waals surface area contributed by atoms with Crippen LogP contribution in [0.1, 0.15) is 12.2 Å². The van der Waals surface area contributed by atoms with E-state index in [1.54, 1.807) is 19.1 Å². The van der Waals surface area contributed by atoms with Gasteiger partial charge in [0.15, 0.2) is 0 Å². The summed E-state index contributed by atoms with van der Waals surface area (Å²) in [7, 11) is 3.45. The van der Waals surface area contributed by atoms with Gasteiger partial charge in [0.05, 0.1) is 35.4 Å². The van der Waals surface area contributed by atoms with Gasteiger partial charge >= 0.3 is 0 Å². The van der Waals surface area contributed by atoms with Crippen LogP contribution in [0.25, 0.3) is 22.3 Å². The van der Waals surface area contributed by atoms with Gasteiger partial charge in [-0.25, -0.2) is 14.4 Å². The third-order valence-corrected chi connectivity index (χ3v) is 6.38. The number of hydrogen-bond acceptors (Lipinski definition) is 6. The number of rotatable bonds is 1. The Morgan fingerprint density at radius 2 is 2.06 bits per heavy atom. The number of benzene rings is 1. The van der Waals surface area contributed by atoms with Crippen LogP contribution in [0, 0.1) is 12.7 Å². The van der Waals surface area contributed by atoms with Crippen molar-refractivity contribution in [2.45, 2.75) is 38.1 Å². The standard InChI is InChI=1S/C23H27FN6O2/c1-13-26-19-8-14(24)7-17-18-5-4-6-21(28-18)27-15-9-20(25-10-15)23(31)29(2)11-16(32-3)12-30(13)22(17)19/h4-8,15-16,20,25H,9-12H2,1-3H3,(H,27,28)/t15-,16-,20-/m0/s1. The van der Waals surface area contributed by atoms with Crippen LogP contribution in [-0.4, -0.2) is 70.8 Å². The van der Waals surface area contributed by atoms with Crippen LogP contribution in [0.5, 0.6) is 0 Å². The number of amides is 1. The molecule has 0 radical (unpaired) electrons. The Morgan fingerprint density at radius 3 is 2.88 bits per heavy atom. The average molecular weight is 439 g/mol. The van der Waals surface area contributed by atoms with Crippen molar-refractivity contribution in [3.05, 3.63) is 42.0 Å². The Kier molecular flexibility index (Phi) is 5.30. The number of aromatic nitrogens is 3. The molecular weight excluding hydrogens is 411 g/mol. The van der Waals surface area contributed by atoms with E-state index < -0.39 is 0 Å². The number of nitrogens with zero attached hydrogens (tertiary/aromatic N) is 4. The number of anilines is 1. The van der Waals surface area contributed by atoms with Crippen molar-refractivity contribution < 1.29 is 13.9 Å². The van der Waals surface area contributed by atoms with Gasteiger partial charge in [0.2, 0.25) is 5.91 Å². The van der Waals surface area contributed by atoms with E-state index in [1.165, 1.54) is 12.1 Å². The third-order valence-electron chi connectivity index (χ3n) is 6.38. The van der Waals surface area contributed by atoms with Gasteiger partial charge in [0, 0.05) is 44.9 Å². The van der Waals surface area contributed by atoms with Gasteiger partial charge in [-0.3, -0.25) is 4.79 Å². The summed E-state index contributed by atoms with van der Waals surface area (Å²) in [6.07, 6.45) is 0.415. The van der Waals surface area contributed by atoms with Crippen LogP contribution in [0.2, 0.25) is 0 Å². The van der Waals surface area contributed by atoms with Crippen LogP contribution in [0.15, 0.2) is 30.3 Å². The van der Waals surface area contributed by atoms with E-state index in [0.29, 0.717) is 48.6 Å². The predicted molar refractivity (Wildman–Crippen MR) is 120 cm³/mol. The summed E-state index contributed by atoms with van der Waals surface area (Å²) in [5, 5.41) is 6.74. The molecule has 5 rings (SSSR count). The fraction of sp³-hybridized carbons (Fsp3) is 0.435. The lowest BCUT2D eigenvalue weighted by Gasteiger charge is -2.26. The third kappa shape index (κ3) is 3.71. The molecule has 4 bridgehead atoms. The number of hydrogen-bond donors (Lipinski definition) is 2. The van der Waals surface area contributed by atoms with E-state index in [-0.39, 0.29) is 29.9 Å². The molecule has 1 amide bonds. The second kappa shape index (κ2) is 8.14. The minimum absolute atomic E-state index is 0.0444. The maximum atomic E-state index is 14.5. The number of ether oxygens (including phenoxy) is 1. The number of nitrogens with one attached hydrogen (secondary N) is 2. The summed E-state index contributed by atoms with van der Waals surface area (Å²) in [4.78, 5) is 24.1. The molecule has 1 aromatic carbocycles. The molecule has 0 spiro atoms. The second-order valence-corrected chi connectivity index (χ2v) is 8.61. The monoisotopic (exact) mass is 438 g/mol. The first-order valence-corrected chi connectivity index (χ1v) is 10.8. The normalized spacial score (nSPS) is 23.7. The van der Waals surface area contributed by atoms with Crippen molar-refractivity contribution in [3.63, 3.8) is 0 Å². The van der Waals surface area contributed by atoms with Crippen molar-refractivity contribution in [2.75, 3.05) is 32.6 Å². The van der Waals surface area contributed by atoms with Crippen LogP contribution in [0.3, 0.4) is 0 Å². The molecule has 2 aliphatic heterocycles. The number of likely N-dealkylation sites (N-methyl/N-ethyl adjacent to an activating group) is 1. The lowest BCUT2D eigenvalue weighted by Crippen LogP contribution is -2.45. The predicted octanol–water partition coefficient (Wildman–Crippen LogP) is 2.18. The molecule has 3 atom stereocenters. The quantitative estimate of drug-likeness (QED) is 0.606. The van der Waals surface area contributed by atoms with Gasteiger partial charge in [-0.15, -0.1) is 0 Å². The van der Waals surface area contributed by atoms with Crippen molar-refractivity contribution in [2.24, 2.45) is 0 Å². The molecule has 168 valence electrons. The lowest BCUT2D eigenvalue weighted by molar-refractivity contribution is -0.133. The van der Waals surface area contributed by atoms with Crippen LogP contribution in [0.4, 0.5) is 10.2 Å². The first-order valence-electron chi connectivity index (χ1n) is 10.8. The highest BCUT2D eigenvalue weighted by Crippen LogP contribution is 2.31. The van der Waals surface area contributed by atoms with Crippen LogP contribution in [-0.2, 0) is 16.1 Å². The molecule has 9 heteroatoms. The zero-order valence-corrected chi connectivity index (χ0v) is 18.4. The number of aryl methyl sites for hydroxylation is 1. The fourth-order valence-corrected chi connectivity index (χ4v) is 4.75. The number of carbonyl (C=O) groups excluding carboxylic acids is 1. The number of imidazole rings is 1. The highest BCUT2D eigenvalue weighted by molar-refractivity contribution is 5.92. The Balaban J connectivity index is 1.68. The molecule has 2 N–H and O–H groups in total. The molecule has 8 nitrogen and oxygen atoms in total. The van der Waals surface area contributed by atoms with Crippen LogP contribution < -0.4 is 10.6 Å². The SMILES string of the molecule is CO[C@H]1CN(C)C(=O)[C@@H]2C[C@@H](CN2)Nc2cccc(n2)-c2cc(F)cc3nc(C)n(c23)C1. The first kappa shape index (κ1) is 20.8. The van der Waals surface area contributed by atoms with Crippen molar-refractivity contribution >= 4 is 22.8 Å². The van der Waals surface area contributed by atoms with Gasteiger partial charge in [-0.1, -0.05) is 6.07 Å². The van der Waals surface area contributed by atoms with Gasteiger partial charge in [0.1, 0.15) is 17.5 Å². The summed E-state index contributed by atoms with van der Waals surface area (Å²) in [6.45, 7) is 3.48.